The van der Waals surface area contributed by atoms with Crippen molar-refractivity contribution in [3.8, 4) is 0 Å². The van der Waals surface area contributed by atoms with Gasteiger partial charge in [-0.15, -0.1) is 0 Å². The first-order valence-electron chi connectivity index (χ1n) is 4.94. The van der Waals surface area contributed by atoms with E-state index in [2.05, 4.69) is 12.2 Å². The Morgan fingerprint density at radius 3 is 2.36 bits per heavy atom. The van der Waals surface area contributed by atoms with E-state index in [0.29, 0.717) is 6.54 Å². The first kappa shape index (κ1) is 13.7. The largest absolute Gasteiger partial charge is 0.415 e. The van der Waals surface area contributed by atoms with Crippen molar-refractivity contribution in [1.82, 2.24) is 5.32 Å². The molecule has 14 heavy (non-hydrogen) atoms. The number of alkyl halides is 3. The minimum Gasteiger partial charge on any atom is -0.382 e. The van der Waals surface area contributed by atoms with E-state index in [1.165, 1.54) is 0 Å². The van der Waals surface area contributed by atoms with E-state index in [0.717, 1.165) is 25.7 Å². The Morgan fingerprint density at radius 1 is 1.21 bits per heavy atom. The standard InChI is InChI=1S/C9H18F3NO/c1-2-3-4-5-6-13-7-8(14)9(10,11)12/h8,13-14H,2-7H2,1H3. The van der Waals surface area contributed by atoms with Gasteiger partial charge in [0.25, 0.3) is 0 Å². The Balaban J connectivity index is 3.28. The van der Waals surface area contributed by atoms with Gasteiger partial charge in [-0.05, 0) is 13.0 Å². The quantitative estimate of drug-likeness (QED) is 0.634. The van der Waals surface area contributed by atoms with E-state index in [9.17, 15) is 13.2 Å². The van der Waals surface area contributed by atoms with Gasteiger partial charge in [0.2, 0.25) is 0 Å². The Bertz CT molecular complexity index is 139. The van der Waals surface area contributed by atoms with Crippen LogP contribution in [0, 0.1) is 0 Å². The smallest absolute Gasteiger partial charge is 0.382 e. The van der Waals surface area contributed by atoms with Gasteiger partial charge in [0, 0.05) is 6.54 Å². The molecule has 0 aliphatic carbocycles. The second kappa shape index (κ2) is 7.06. The Kier molecular flexibility index (Phi) is 6.92. The highest BCUT2D eigenvalue weighted by Gasteiger charge is 2.37. The highest BCUT2D eigenvalue weighted by Crippen LogP contribution is 2.19. The molecule has 5 heteroatoms. The molecule has 2 N–H and O–H groups in total. The third-order valence-electron chi connectivity index (χ3n) is 1.92. The van der Waals surface area contributed by atoms with Gasteiger partial charge in [0.1, 0.15) is 0 Å². The molecule has 2 nitrogen and oxygen atoms in total. The monoisotopic (exact) mass is 213 g/mol. The number of hydrogen-bond donors (Lipinski definition) is 2. The van der Waals surface area contributed by atoms with Crippen LogP contribution in [0.15, 0.2) is 0 Å². The lowest BCUT2D eigenvalue weighted by atomic mass is 10.2. The SMILES string of the molecule is CCCCCCNCC(O)C(F)(F)F. The highest BCUT2D eigenvalue weighted by atomic mass is 19.4. The first-order chi connectivity index (χ1) is 6.48. The number of nitrogens with one attached hydrogen (secondary N) is 1. The summed E-state index contributed by atoms with van der Waals surface area (Å²) >= 11 is 0. The van der Waals surface area contributed by atoms with E-state index in [1.54, 1.807) is 0 Å². The molecule has 1 unspecified atom stereocenters. The molecule has 86 valence electrons. The topological polar surface area (TPSA) is 32.3 Å². The molecule has 0 aromatic heterocycles. The summed E-state index contributed by atoms with van der Waals surface area (Å²) in [4.78, 5) is 0. The van der Waals surface area contributed by atoms with Crippen LogP contribution in [0.4, 0.5) is 13.2 Å². The zero-order valence-corrected chi connectivity index (χ0v) is 8.40. The number of rotatable bonds is 7. The Labute approximate surface area is 82.5 Å². The lowest BCUT2D eigenvalue weighted by Gasteiger charge is -2.14. The molecule has 0 aliphatic heterocycles. The van der Waals surface area contributed by atoms with Crippen molar-refractivity contribution < 1.29 is 18.3 Å². The van der Waals surface area contributed by atoms with Crippen molar-refractivity contribution in [2.24, 2.45) is 0 Å². The van der Waals surface area contributed by atoms with Crippen LogP contribution in [0.1, 0.15) is 32.6 Å². The van der Waals surface area contributed by atoms with E-state index in [4.69, 9.17) is 5.11 Å². The van der Waals surface area contributed by atoms with Crippen LogP contribution in [0.2, 0.25) is 0 Å². The summed E-state index contributed by atoms with van der Waals surface area (Å²) < 4.78 is 35.4. The molecule has 0 rings (SSSR count). The van der Waals surface area contributed by atoms with Gasteiger partial charge in [-0.1, -0.05) is 26.2 Å². The van der Waals surface area contributed by atoms with E-state index in [1.807, 2.05) is 0 Å². The van der Waals surface area contributed by atoms with Gasteiger partial charge in [0.05, 0.1) is 0 Å². The molecule has 0 fully saturated rings. The predicted octanol–water partition coefficient (Wildman–Crippen LogP) is 2.08. The van der Waals surface area contributed by atoms with Gasteiger partial charge in [0.15, 0.2) is 6.10 Å². The molecule has 0 amide bonds. The average molecular weight is 213 g/mol. The molecular weight excluding hydrogens is 195 g/mol. The number of unbranched alkanes of at least 4 members (excludes halogenated alkanes) is 3. The van der Waals surface area contributed by atoms with Crippen molar-refractivity contribution in [3.05, 3.63) is 0 Å². The summed E-state index contributed by atoms with van der Waals surface area (Å²) in [6.07, 6.45) is -2.66. The second-order valence-electron chi connectivity index (χ2n) is 3.32. The normalized spacial score (nSPS) is 14.4. The highest BCUT2D eigenvalue weighted by molar-refractivity contribution is 4.67. The molecule has 0 saturated heterocycles. The maximum absolute atomic E-state index is 11.8. The molecule has 0 bridgehead atoms. The van der Waals surface area contributed by atoms with Gasteiger partial charge in [-0.3, -0.25) is 0 Å². The number of hydrogen-bond acceptors (Lipinski definition) is 2. The van der Waals surface area contributed by atoms with Crippen LogP contribution in [0.25, 0.3) is 0 Å². The summed E-state index contributed by atoms with van der Waals surface area (Å²) in [6, 6.07) is 0. The summed E-state index contributed by atoms with van der Waals surface area (Å²) in [5.41, 5.74) is 0. The van der Waals surface area contributed by atoms with Crippen LogP contribution >= 0.6 is 0 Å². The maximum atomic E-state index is 11.8. The van der Waals surface area contributed by atoms with E-state index in [-0.39, 0.29) is 0 Å². The molecule has 0 aromatic rings. The molecule has 0 radical (unpaired) electrons. The molecule has 1 atom stereocenters. The minimum atomic E-state index is -4.50. The van der Waals surface area contributed by atoms with Crippen molar-refractivity contribution in [3.63, 3.8) is 0 Å². The van der Waals surface area contributed by atoms with Crippen LogP contribution in [-0.4, -0.2) is 30.5 Å². The summed E-state index contributed by atoms with van der Waals surface area (Å²) in [5.74, 6) is 0. The summed E-state index contributed by atoms with van der Waals surface area (Å²) in [7, 11) is 0. The third-order valence-corrected chi connectivity index (χ3v) is 1.92. The molecule has 0 aliphatic rings. The zero-order valence-electron chi connectivity index (χ0n) is 8.40. The van der Waals surface area contributed by atoms with Crippen LogP contribution in [-0.2, 0) is 0 Å². The zero-order chi connectivity index (χ0) is 11.0. The second-order valence-corrected chi connectivity index (χ2v) is 3.32. The minimum absolute atomic E-state index is 0.407. The fraction of sp³-hybridized carbons (Fsp3) is 1.00. The van der Waals surface area contributed by atoms with Gasteiger partial charge < -0.3 is 10.4 Å². The molecule has 0 saturated carbocycles. The first-order valence-corrected chi connectivity index (χ1v) is 4.94. The van der Waals surface area contributed by atoms with Gasteiger partial charge in [-0.2, -0.15) is 13.2 Å². The number of halogens is 3. The Hall–Kier alpha value is -0.290. The van der Waals surface area contributed by atoms with Gasteiger partial charge >= 0.3 is 6.18 Å². The van der Waals surface area contributed by atoms with E-state index < -0.39 is 18.8 Å². The van der Waals surface area contributed by atoms with Crippen LogP contribution < -0.4 is 5.32 Å². The summed E-state index contributed by atoms with van der Waals surface area (Å²) in [6.45, 7) is 2.20. The van der Waals surface area contributed by atoms with Gasteiger partial charge in [-0.25, -0.2) is 0 Å². The van der Waals surface area contributed by atoms with Crippen LogP contribution in [0.5, 0.6) is 0 Å². The predicted molar refractivity (Wildman–Crippen MR) is 49.1 cm³/mol. The number of aliphatic hydroxyl groups excluding tert-OH is 1. The van der Waals surface area contributed by atoms with Crippen molar-refractivity contribution >= 4 is 0 Å². The van der Waals surface area contributed by atoms with Crippen molar-refractivity contribution in [2.75, 3.05) is 13.1 Å². The lowest BCUT2D eigenvalue weighted by molar-refractivity contribution is -0.201. The van der Waals surface area contributed by atoms with Crippen molar-refractivity contribution in [2.45, 2.75) is 44.9 Å². The third kappa shape index (κ3) is 7.15. The fourth-order valence-electron chi connectivity index (χ4n) is 1.03. The maximum Gasteiger partial charge on any atom is 0.415 e. The summed E-state index contributed by atoms with van der Waals surface area (Å²) in [5, 5.41) is 11.2. The Morgan fingerprint density at radius 2 is 1.86 bits per heavy atom. The fourth-order valence-corrected chi connectivity index (χ4v) is 1.03. The molecule has 0 spiro atoms. The molecule has 0 aromatic carbocycles. The lowest BCUT2D eigenvalue weighted by Crippen LogP contribution is -2.38. The van der Waals surface area contributed by atoms with Crippen LogP contribution in [0.3, 0.4) is 0 Å². The van der Waals surface area contributed by atoms with Crippen molar-refractivity contribution in [1.29, 1.82) is 0 Å². The molecular formula is C9H18F3NO. The van der Waals surface area contributed by atoms with E-state index >= 15 is 0 Å². The molecule has 0 heterocycles. The average Bonchev–Trinajstić information content (AvgIpc) is 2.09. The number of aliphatic hydroxyl groups is 1.